The molecular formula is C21H20F2O5. The first-order chi connectivity index (χ1) is 13.3. The summed E-state index contributed by atoms with van der Waals surface area (Å²) < 4.78 is 39.0. The summed E-state index contributed by atoms with van der Waals surface area (Å²) in [4.78, 5) is 24.1. The van der Waals surface area contributed by atoms with Crippen molar-refractivity contribution in [3.05, 3.63) is 64.7 Å². The minimum atomic E-state index is -2.97. The van der Waals surface area contributed by atoms with Crippen LogP contribution in [0.1, 0.15) is 27.0 Å². The summed E-state index contributed by atoms with van der Waals surface area (Å²) in [5, 5.41) is 0. The van der Waals surface area contributed by atoms with Crippen molar-refractivity contribution in [1.29, 1.82) is 0 Å². The third-order valence-corrected chi connectivity index (χ3v) is 3.85. The third-order valence-electron chi connectivity index (χ3n) is 3.85. The van der Waals surface area contributed by atoms with E-state index in [9.17, 15) is 18.4 Å². The first-order valence-corrected chi connectivity index (χ1v) is 8.38. The Morgan fingerprint density at radius 1 is 1.07 bits per heavy atom. The molecule has 0 aliphatic carbocycles. The molecule has 2 aromatic rings. The number of rotatable bonds is 8. The number of benzene rings is 2. The first-order valence-electron chi connectivity index (χ1n) is 8.38. The van der Waals surface area contributed by atoms with Crippen molar-refractivity contribution in [2.24, 2.45) is 0 Å². The average molecular weight is 390 g/mol. The maximum absolute atomic E-state index is 12.3. The van der Waals surface area contributed by atoms with Crippen LogP contribution in [0.2, 0.25) is 0 Å². The van der Waals surface area contributed by atoms with Crippen LogP contribution in [-0.2, 0) is 9.53 Å². The predicted molar refractivity (Wildman–Crippen MR) is 99.9 cm³/mol. The summed E-state index contributed by atoms with van der Waals surface area (Å²) in [7, 11) is 1.31. The van der Waals surface area contributed by atoms with Crippen LogP contribution in [0.15, 0.2) is 42.5 Å². The molecule has 0 aliphatic heterocycles. The normalized spacial score (nSPS) is 10.9. The molecule has 0 bridgehead atoms. The summed E-state index contributed by atoms with van der Waals surface area (Å²) in [5.74, 6) is -1.01. The standard InChI is InChI=1S/C21H20F2O5/c1-13-4-5-14(2)16(10-13)17(24)12-27-20(25)9-7-15-6-8-18(28-21(22)23)19(11-15)26-3/h4-11,21H,12H2,1-3H3. The highest BCUT2D eigenvalue weighted by molar-refractivity contribution is 6.00. The number of methoxy groups -OCH3 is 1. The maximum Gasteiger partial charge on any atom is 0.387 e. The molecule has 0 amide bonds. The molecule has 0 fully saturated rings. The maximum atomic E-state index is 12.3. The van der Waals surface area contributed by atoms with Gasteiger partial charge in [0.15, 0.2) is 18.1 Å². The summed E-state index contributed by atoms with van der Waals surface area (Å²) in [6.45, 7) is 0.331. The molecule has 0 aromatic heterocycles. The van der Waals surface area contributed by atoms with E-state index in [1.165, 1.54) is 31.4 Å². The molecule has 5 nitrogen and oxygen atoms in total. The van der Waals surface area contributed by atoms with E-state index in [1.54, 1.807) is 6.07 Å². The van der Waals surface area contributed by atoms with Crippen molar-refractivity contribution in [1.82, 2.24) is 0 Å². The monoisotopic (exact) mass is 390 g/mol. The van der Waals surface area contributed by atoms with Gasteiger partial charge in [-0.3, -0.25) is 4.79 Å². The summed E-state index contributed by atoms with van der Waals surface area (Å²) in [5.41, 5.74) is 2.76. The van der Waals surface area contributed by atoms with Gasteiger partial charge in [0, 0.05) is 11.6 Å². The Hall–Kier alpha value is -3.22. The molecule has 0 heterocycles. The van der Waals surface area contributed by atoms with Gasteiger partial charge in [0.25, 0.3) is 0 Å². The van der Waals surface area contributed by atoms with Gasteiger partial charge in [0.1, 0.15) is 0 Å². The van der Waals surface area contributed by atoms with Crippen LogP contribution in [0.3, 0.4) is 0 Å². The van der Waals surface area contributed by atoms with Gasteiger partial charge in [-0.1, -0.05) is 23.8 Å². The number of alkyl halides is 2. The molecule has 0 unspecified atom stereocenters. The quantitative estimate of drug-likeness (QED) is 0.381. The predicted octanol–water partition coefficient (Wildman–Crippen LogP) is 4.35. The Kier molecular flexibility index (Phi) is 7.26. The molecule has 0 radical (unpaired) electrons. The van der Waals surface area contributed by atoms with Crippen molar-refractivity contribution in [2.45, 2.75) is 20.5 Å². The van der Waals surface area contributed by atoms with E-state index < -0.39 is 12.6 Å². The Balaban J connectivity index is 1.98. The summed E-state index contributed by atoms with van der Waals surface area (Å²) >= 11 is 0. The molecule has 0 N–H and O–H groups in total. The molecule has 2 aromatic carbocycles. The molecule has 7 heteroatoms. The van der Waals surface area contributed by atoms with Gasteiger partial charge in [-0.2, -0.15) is 8.78 Å². The van der Waals surface area contributed by atoms with Crippen molar-refractivity contribution in [3.63, 3.8) is 0 Å². The van der Waals surface area contributed by atoms with E-state index in [1.807, 2.05) is 26.0 Å². The highest BCUT2D eigenvalue weighted by Crippen LogP contribution is 2.29. The molecule has 0 saturated carbocycles. The largest absolute Gasteiger partial charge is 0.493 e. The zero-order chi connectivity index (χ0) is 20.7. The number of Topliss-reactive ketones (excluding diaryl/α,β-unsaturated/α-hetero) is 1. The van der Waals surface area contributed by atoms with Crippen LogP contribution in [0.5, 0.6) is 11.5 Å². The number of esters is 1. The minimum absolute atomic E-state index is 0.0981. The number of carbonyl (C=O) groups is 2. The Morgan fingerprint density at radius 3 is 2.50 bits per heavy atom. The van der Waals surface area contributed by atoms with E-state index in [-0.39, 0.29) is 23.9 Å². The second-order valence-corrected chi connectivity index (χ2v) is 5.97. The number of ether oxygens (including phenoxy) is 3. The first kappa shape index (κ1) is 21.1. The SMILES string of the molecule is COc1cc(C=CC(=O)OCC(=O)c2cc(C)ccc2C)ccc1OC(F)F. The van der Waals surface area contributed by atoms with Crippen molar-refractivity contribution >= 4 is 17.8 Å². The van der Waals surface area contributed by atoms with Gasteiger partial charge in [-0.15, -0.1) is 0 Å². The smallest absolute Gasteiger partial charge is 0.387 e. The lowest BCUT2D eigenvalue weighted by Crippen LogP contribution is -2.13. The van der Waals surface area contributed by atoms with Crippen LogP contribution in [0, 0.1) is 13.8 Å². The Bertz CT molecular complexity index is 890. The fraction of sp³-hybridized carbons (Fsp3) is 0.238. The van der Waals surface area contributed by atoms with Gasteiger partial charge >= 0.3 is 12.6 Å². The van der Waals surface area contributed by atoms with Crippen molar-refractivity contribution < 1.29 is 32.6 Å². The molecule has 28 heavy (non-hydrogen) atoms. The molecule has 2 rings (SSSR count). The molecule has 0 aliphatic rings. The van der Waals surface area contributed by atoms with E-state index in [0.717, 1.165) is 17.2 Å². The number of ketones is 1. The van der Waals surface area contributed by atoms with E-state index in [0.29, 0.717) is 11.1 Å². The van der Waals surface area contributed by atoms with Gasteiger partial charge in [-0.05, 0) is 49.2 Å². The fourth-order valence-corrected chi connectivity index (χ4v) is 2.44. The van der Waals surface area contributed by atoms with E-state index >= 15 is 0 Å². The summed E-state index contributed by atoms with van der Waals surface area (Å²) in [6, 6.07) is 9.69. The van der Waals surface area contributed by atoms with Crippen molar-refractivity contribution in [3.8, 4) is 11.5 Å². The van der Waals surface area contributed by atoms with Crippen LogP contribution >= 0.6 is 0 Å². The number of hydrogen-bond acceptors (Lipinski definition) is 5. The van der Waals surface area contributed by atoms with E-state index in [4.69, 9.17) is 9.47 Å². The highest BCUT2D eigenvalue weighted by Gasteiger charge is 2.12. The zero-order valence-corrected chi connectivity index (χ0v) is 15.7. The third kappa shape index (κ3) is 5.90. The van der Waals surface area contributed by atoms with Crippen LogP contribution in [0.25, 0.3) is 6.08 Å². The zero-order valence-electron chi connectivity index (χ0n) is 15.7. The number of halogens is 2. The molecule has 0 spiro atoms. The van der Waals surface area contributed by atoms with Gasteiger partial charge < -0.3 is 14.2 Å². The molecule has 0 atom stereocenters. The minimum Gasteiger partial charge on any atom is -0.493 e. The second-order valence-electron chi connectivity index (χ2n) is 5.97. The van der Waals surface area contributed by atoms with Gasteiger partial charge in [0.2, 0.25) is 5.78 Å². The van der Waals surface area contributed by atoms with Gasteiger partial charge in [-0.25, -0.2) is 4.79 Å². The Labute approximate surface area is 161 Å². The lowest BCUT2D eigenvalue weighted by molar-refractivity contribution is -0.136. The lowest BCUT2D eigenvalue weighted by Gasteiger charge is -2.10. The molecule has 148 valence electrons. The Morgan fingerprint density at radius 2 is 1.82 bits per heavy atom. The number of carbonyl (C=O) groups excluding carboxylic acids is 2. The topological polar surface area (TPSA) is 61.8 Å². The molecule has 0 saturated heterocycles. The van der Waals surface area contributed by atoms with Crippen LogP contribution in [0.4, 0.5) is 8.78 Å². The van der Waals surface area contributed by atoms with Gasteiger partial charge in [0.05, 0.1) is 7.11 Å². The lowest BCUT2D eigenvalue weighted by atomic mass is 10.0. The summed E-state index contributed by atoms with van der Waals surface area (Å²) in [6.07, 6.45) is 2.55. The number of aryl methyl sites for hydroxylation is 2. The number of hydrogen-bond donors (Lipinski definition) is 0. The van der Waals surface area contributed by atoms with E-state index in [2.05, 4.69) is 4.74 Å². The van der Waals surface area contributed by atoms with Crippen molar-refractivity contribution in [2.75, 3.05) is 13.7 Å². The highest BCUT2D eigenvalue weighted by atomic mass is 19.3. The average Bonchev–Trinajstić information content (AvgIpc) is 2.66. The molecular weight excluding hydrogens is 370 g/mol. The fourth-order valence-electron chi connectivity index (χ4n) is 2.44. The van der Waals surface area contributed by atoms with Crippen LogP contribution < -0.4 is 9.47 Å². The second kappa shape index (κ2) is 9.64. The van der Waals surface area contributed by atoms with Crippen LogP contribution in [-0.4, -0.2) is 32.1 Å².